The Morgan fingerprint density at radius 1 is 1.29 bits per heavy atom. The molecule has 17 heavy (non-hydrogen) atoms. The van der Waals surface area contributed by atoms with E-state index in [9.17, 15) is 0 Å². The fourth-order valence-electron chi connectivity index (χ4n) is 2.38. The zero-order valence-corrected chi connectivity index (χ0v) is 10.8. The summed E-state index contributed by atoms with van der Waals surface area (Å²) >= 11 is 0. The fraction of sp³-hybridized carbons (Fsp3) is 0.571. The van der Waals surface area contributed by atoms with Crippen molar-refractivity contribution in [3.05, 3.63) is 29.3 Å². The second-order valence-electron chi connectivity index (χ2n) is 4.79. The van der Waals surface area contributed by atoms with Crippen LogP contribution in [0.4, 0.5) is 0 Å². The summed E-state index contributed by atoms with van der Waals surface area (Å²) in [6.07, 6.45) is 2.62. The molecule has 2 rings (SSSR count). The molecule has 1 aromatic carbocycles. The quantitative estimate of drug-likeness (QED) is 0.852. The predicted molar refractivity (Wildman–Crippen MR) is 68.2 cm³/mol. The molecule has 1 fully saturated rings. The van der Waals surface area contributed by atoms with Gasteiger partial charge in [0.1, 0.15) is 5.75 Å². The summed E-state index contributed by atoms with van der Waals surface area (Å²) in [7, 11) is 3.43. The van der Waals surface area contributed by atoms with Crippen LogP contribution in [0.1, 0.15) is 30.0 Å². The number of rotatable bonds is 5. The first kappa shape index (κ1) is 12.4. The summed E-state index contributed by atoms with van der Waals surface area (Å²) in [5, 5.41) is 0. The number of hydrogen-bond acceptors (Lipinski definition) is 3. The molecule has 3 heteroatoms. The van der Waals surface area contributed by atoms with Crippen molar-refractivity contribution in [1.82, 2.24) is 0 Å². The van der Waals surface area contributed by atoms with E-state index in [0.717, 1.165) is 11.3 Å². The maximum absolute atomic E-state index is 6.32. The van der Waals surface area contributed by atoms with Gasteiger partial charge < -0.3 is 15.2 Å². The van der Waals surface area contributed by atoms with Crippen LogP contribution in [0.2, 0.25) is 0 Å². The van der Waals surface area contributed by atoms with E-state index < -0.39 is 0 Å². The van der Waals surface area contributed by atoms with Crippen molar-refractivity contribution in [2.75, 3.05) is 14.2 Å². The van der Waals surface area contributed by atoms with E-state index >= 15 is 0 Å². The van der Waals surface area contributed by atoms with Crippen molar-refractivity contribution in [3.63, 3.8) is 0 Å². The number of ether oxygens (including phenoxy) is 2. The SMILES string of the molecule is COc1ccc(C(N)C(OC)C2CC2)c(C)c1. The number of nitrogens with two attached hydrogens (primary N) is 1. The van der Waals surface area contributed by atoms with Gasteiger partial charge in [-0.15, -0.1) is 0 Å². The van der Waals surface area contributed by atoms with Crippen LogP contribution in [0, 0.1) is 12.8 Å². The predicted octanol–water partition coefficient (Wildman–Crippen LogP) is 2.43. The monoisotopic (exact) mass is 235 g/mol. The van der Waals surface area contributed by atoms with E-state index in [1.54, 1.807) is 14.2 Å². The first-order chi connectivity index (χ1) is 8.17. The Morgan fingerprint density at radius 3 is 2.47 bits per heavy atom. The maximum atomic E-state index is 6.32. The van der Waals surface area contributed by atoms with Crippen LogP contribution in [-0.4, -0.2) is 20.3 Å². The van der Waals surface area contributed by atoms with Crippen molar-refractivity contribution >= 4 is 0 Å². The van der Waals surface area contributed by atoms with Crippen LogP contribution in [-0.2, 0) is 4.74 Å². The van der Waals surface area contributed by atoms with Gasteiger partial charge in [0.2, 0.25) is 0 Å². The Hall–Kier alpha value is -1.06. The zero-order chi connectivity index (χ0) is 12.4. The van der Waals surface area contributed by atoms with Crippen molar-refractivity contribution < 1.29 is 9.47 Å². The van der Waals surface area contributed by atoms with Gasteiger partial charge in [-0.25, -0.2) is 0 Å². The second-order valence-corrected chi connectivity index (χ2v) is 4.79. The van der Waals surface area contributed by atoms with Crippen LogP contribution in [0.5, 0.6) is 5.75 Å². The van der Waals surface area contributed by atoms with E-state index in [4.69, 9.17) is 15.2 Å². The smallest absolute Gasteiger partial charge is 0.119 e. The van der Waals surface area contributed by atoms with E-state index in [1.807, 2.05) is 18.2 Å². The zero-order valence-electron chi connectivity index (χ0n) is 10.8. The fourth-order valence-corrected chi connectivity index (χ4v) is 2.38. The summed E-state index contributed by atoms with van der Waals surface area (Å²) in [4.78, 5) is 0. The van der Waals surface area contributed by atoms with Gasteiger partial charge in [0.05, 0.1) is 19.3 Å². The number of hydrogen-bond donors (Lipinski definition) is 1. The Morgan fingerprint density at radius 2 is 2.00 bits per heavy atom. The highest BCUT2D eigenvalue weighted by molar-refractivity contribution is 5.37. The molecule has 0 saturated heterocycles. The minimum absolute atomic E-state index is 0.0431. The third-order valence-corrected chi connectivity index (χ3v) is 3.55. The highest BCUT2D eigenvalue weighted by Crippen LogP contribution is 2.39. The first-order valence-electron chi connectivity index (χ1n) is 6.10. The molecule has 94 valence electrons. The summed E-state index contributed by atoms with van der Waals surface area (Å²) in [5.74, 6) is 1.51. The molecular formula is C14H21NO2. The van der Waals surface area contributed by atoms with Crippen molar-refractivity contribution in [3.8, 4) is 5.75 Å². The average Bonchev–Trinajstić information content (AvgIpc) is 3.14. The Kier molecular flexibility index (Phi) is 3.69. The summed E-state index contributed by atoms with van der Waals surface area (Å²) in [5.41, 5.74) is 8.64. The summed E-state index contributed by atoms with van der Waals surface area (Å²) in [6, 6.07) is 5.99. The van der Waals surface area contributed by atoms with Crippen LogP contribution in [0.15, 0.2) is 18.2 Å². The summed E-state index contributed by atoms with van der Waals surface area (Å²) in [6.45, 7) is 2.07. The molecule has 3 nitrogen and oxygen atoms in total. The second kappa shape index (κ2) is 5.07. The minimum atomic E-state index is -0.0431. The third kappa shape index (κ3) is 2.61. The Bertz CT molecular complexity index is 388. The highest BCUT2D eigenvalue weighted by atomic mass is 16.5. The largest absolute Gasteiger partial charge is 0.497 e. The van der Waals surface area contributed by atoms with Gasteiger partial charge in [0.15, 0.2) is 0 Å². The molecular weight excluding hydrogens is 214 g/mol. The molecule has 0 aromatic heterocycles. The molecule has 2 N–H and O–H groups in total. The van der Waals surface area contributed by atoms with Gasteiger partial charge in [-0.1, -0.05) is 6.07 Å². The van der Waals surface area contributed by atoms with Gasteiger partial charge >= 0.3 is 0 Å². The lowest BCUT2D eigenvalue weighted by Gasteiger charge is -2.24. The normalized spacial score (nSPS) is 18.8. The molecule has 0 radical (unpaired) electrons. The molecule has 0 spiro atoms. The molecule has 0 heterocycles. The highest BCUT2D eigenvalue weighted by Gasteiger charge is 2.36. The molecule has 1 aliphatic rings. The lowest BCUT2D eigenvalue weighted by Crippen LogP contribution is -2.30. The van der Waals surface area contributed by atoms with Gasteiger partial charge in [-0.2, -0.15) is 0 Å². The molecule has 1 saturated carbocycles. The lowest BCUT2D eigenvalue weighted by atomic mass is 9.95. The van der Waals surface area contributed by atoms with E-state index in [2.05, 4.69) is 6.92 Å². The van der Waals surface area contributed by atoms with Gasteiger partial charge in [-0.3, -0.25) is 0 Å². The van der Waals surface area contributed by atoms with Crippen LogP contribution >= 0.6 is 0 Å². The molecule has 2 unspecified atom stereocenters. The number of methoxy groups -OCH3 is 2. The lowest BCUT2D eigenvalue weighted by molar-refractivity contribution is 0.0622. The third-order valence-electron chi connectivity index (χ3n) is 3.55. The van der Waals surface area contributed by atoms with E-state index in [0.29, 0.717) is 5.92 Å². The van der Waals surface area contributed by atoms with Crippen molar-refractivity contribution in [2.24, 2.45) is 11.7 Å². The van der Waals surface area contributed by atoms with E-state index in [1.165, 1.54) is 18.4 Å². The Labute approximate surface area is 103 Å². The minimum Gasteiger partial charge on any atom is -0.497 e. The topological polar surface area (TPSA) is 44.5 Å². The first-order valence-corrected chi connectivity index (χ1v) is 6.10. The van der Waals surface area contributed by atoms with Crippen LogP contribution in [0.25, 0.3) is 0 Å². The van der Waals surface area contributed by atoms with Gasteiger partial charge in [0.25, 0.3) is 0 Å². The Balaban J connectivity index is 2.20. The number of aryl methyl sites for hydroxylation is 1. The standard InChI is InChI=1S/C14H21NO2/c1-9-8-11(16-2)6-7-12(9)13(15)14(17-3)10-4-5-10/h6-8,10,13-14H,4-5,15H2,1-3H3. The molecule has 1 aliphatic carbocycles. The van der Waals surface area contributed by atoms with Crippen LogP contribution < -0.4 is 10.5 Å². The van der Waals surface area contributed by atoms with Crippen LogP contribution in [0.3, 0.4) is 0 Å². The molecule has 0 amide bonds. The maximum Gasteiger partial charge on any atom is 0.119 e. The van der Waals surface area contributed by atoms with Gasteiger partial charge in [-0.05, 0) is 48.9 Å². The summed E-state index contributed by atoms with van der Waals surface area (Å²) < 4.78 is 10.8. The van der Waals surface area contributed by atoms with Crippen molar-refractivity contribution in [1.29, 1.82) is 0 Å². The molecule has 1 aromatic rings. The average molecular weight is 235 g/mol. The number of benzene rings is 1. The molecule has 0 bridgehead atoms. The van der Waals surface area contributed by atoms with Gasteiger partial charge in [0, 0.05) is 7.11 Å². The van der Waals surface area contributed by atoms with E-state index in [-0.39, 0.29) is 12.1 Å². The molecule has 2 atom stereocenters. The molecule has 0 aliphatic heterocycles. The van der Waals surface area contributed by atoms with Crippen molar-refractivity contribution in [2.45, 2.75) is 31.9 Å².